The largest absolute Gasteiger partial charge is 0.493 e. The number of fused-ring (bicyclic) bond motifs is 1. The Kier molecular flexibility index (Phi) is 3.40. The quantitative estimate of drug-likeness (QED) is 0.914. The summed E-state index contributed by atoms with van der Waals surface area (Å²) in [5.41, 5.74) is 9.69. The lowest BCUT2D eigenvalue weighted by Gasteiger charge is -2.17. The van der Waals surface area contributed by atoms with Crippen LogP contribution in [0.1, 0.15) is 28.3 Å². The van der Waals surface area contributed by atoms with Crippen LogP contribution in [0.3, 0.4) is 0 Å². The maximum absolute atomic E-state index is 13.4. The summed E-state index contributed by atoms with van der Waals surface area (Å²) in [4.78, 5) is 0. The molecule has 104 valence electrons. The van der Waals surface area contributed by atoms with Gasteiger partial charge in [-0.2, -0.15) is 0 Å². The van der Waals surface area contributed by atoms with Crippen molar-refractivity contribution in [2.24, 2.45) is 5.73 Å². The molecular weight excluding hydrogens is 277 g/mol. The van der Waals surface area contributed by atoms with Crippen molar-refractivity contribution in [3.05, 3.63) is 63.4 Å². The fraction of sp³-hybridized carbons (Fsp3) is 0.250. The minimum atomic E-state index is -0.375. The predicted octanol–water partition coefficient (Wildman–Crippen LogP) is 3.77. The maximum Gasteiger partial charge on any atom is 0.127 e. The molecule has 0 saturated carbocycles. The zero-order chi connectivity index (χ0) is 14.3. The van der Waals surface area contributed by atoms with Crippen molar-refractivity contribution in [1.82, 2.24) is 0 Å². The third-order valence-electron chi connectivity index (χ3n) is 3.65. The van der Waals surface area contributed by atoms with E-state index in [4.69, 9.17) is 22.1 Å². The summed E-state index contributed by atoms with van der Waals surface area (Å²) in [6, 6.07) is 8.28. The average Bonchev–Trinajstić information content (AvgIpc) is 2.88. The first-order chi connectivity index (χ1) is 9.56. The Bertz CT molecular complexity index is 672. The van der Waals surface area contributed by atoms with Gasteiger partial charge in [-0.25, -0.2) is 4.39 Å². The molecule has 1 unspecified atom stereocenters. The smallest absolute Gasteiger partial charge is 0.127 e. The Balaban J connectivity index is 2.06. The number of aryl methyl sites for hydroxylation is 1. The zero-order valence-electron chi connectivity index (χ0n) is 11.1. The molecule has 2 nitrogen and oxygen atoms in total. The second-order valence-electron chi connectivity index (χ2n) is 5.07. The highest BCUT2D eigenvalue weighted by Gasteiger charge is 2.22. The number of halogens is 2. The lowest BCUT2D eigenvalue weighted by atomic mass is 9.95. The third-order valence-corrected chi connectivity index (χ3v) is 3.87. The van der Waals surface area contributed by atoms with E-state index in [1.54, 1.807) is 19.1 Å². The van der Waals surface area contributed by atoms with Crippen LogP contribution in [0.4, 0.5) is 4.39 Å². The van der Waals surface area contributed by atoms with E-state index in [1.807, 2.05) is 12.1 Å². The molecule has 0 aliphatic carbocycles. The van der Waals surface area contributed by atoms with E-state index in [0.717, 1.165) is 28.9 Å². The molecule has 0 saturated heterocycles. The van der Waals surface area contributed by atoms with Crippen LogP contribution in [-0.4, -0.2) is 6.61 Å². The lowest BCUT2D eigenvalue weighted by molar-refractivity contribution is 0.352. The fourth-order valence-corrected chi connectivity index (χ4v) is 2.82. The molecule has 2 aromatic rings. The maximum atomic E-state index is 13.4. The Morgan fingerprint density at radius 3 is 2.85 bits per heavy atom. The molecule has 0 spiro atoms. The summed E-state index contributed by atoms with van der Waals surface area (Å²) < 4.78 is 19.0. The van der Waals surface area contributed by atoms with Gasteiger partial charge < -0.3 is 10.5 Å². The lowest BCUT2D eigenvalue weighted by Crippen LogP contribution is -2.13. The van der Waals surface area contributed by atoms with E-state index in [0.29, 0.717) is 17.2 Å². The van der Waals surface area contributed by atoms with Crippen LogP contribution in [0.15, 0.2) is 30.3 Å². The Morgan fingerprint density at radius 2 is 2.10 bits per heavy atom. The summed E-state index contributed by atoms with van der Waals surface area (Å²) in [6.45, 7) is 2.38. The van der Waals surface area contributed by atoms with Gasteiger partial charge in [0.1, 0.15) is 11.6 Å². The summed E-state index contributed by atoms with van der Waals surface area (Å²) in [5.74, 6) is 0.595. The fourth-order valence-electron chi connectivity index (χ4n) is 2.57. The van der Waals surface area contributed by atoms with Crippen LogP contribution in [0.25, 0.3) is 0 Å². The highest BCUT2D eigenvalue weighted by atomic mass is 35.5. The minimum Gasteiger partial charge on any atom is -0.493 e. The van der Waals surface area contributed by atoms with Crippen LogP contribution >= 0.6 is 11.6 Å². The molecule has 0 fully saturated rings. The Hall–Kier alpha value is -1.58. The second-order valence-corrected chi connectivity index (χ2v) is 5.50. The van der Waals surface area contributed by atoms with Crippen LogP contribution < -0.4 is 10.5 Å². The number of ether oxygens (including phenoxy) is 1. The third kappa shape index (κ3) is 2.28. The van der Waals surface area contributed by atoms with Crippen LogP contribution in [-0.2, 0) is 6.42 Å². The normalized spacial score (nSPS) is 14.8. The summed E-state index contributed by atoms with van der Waals surface area (Å²) >= 11 is 6.15. The molecule has 2 N–H and O–H groups in total. The monoisotopic (exact) mass is 291 g/mol. The van der Waals surface area contributed by atoms with Crippen molar-refractivity contribution in [3.63, 3.8) is 0 Å². The van der Waals surface area contributed by atoms with Gasteiger partial charge >= 0.3 is 0 Å². The van der Waals surface area contributed by atoms with E-state index in [1.165, 1.54) is 6.07 Å². The number of benzene rings is 2. The molecule has 1 aliphatic rings. The summed E-state index contributed by atoms with van der Waals surface area (Å²) in [5, 5.41) is 0.651. The molecule has 1 atom stereocenters. The molecule has 20 heavy (non-hydrogen) atoms. The Labute approximate surface area is 122 Å². The van der Waals surface area contributed by atoms with E-state index in [9.17, 15) is 4.39 Å². The molecule has 2 aromatic carbocycles. The van der Waals surface area contributed by atoms with Gasteiger partial charge in [0, 0.05) is 17.0 Å². The first-order valence-electron chi connectivity index (χ1n) is 6.53. The first kappa shape index (κ1) is 13.4. The number of hydrogen-bond donors (Lipinski definition) is 1. The molecule has 0 amide bonds. The van der Waals surface area contributed by atoms with Gasteiger partial charge in [-0.15, -0.1) is 0 Å². The molecule has 0 radical (unpaired) electrons. The van der Waals surface area contributed by atoms with Gasteiger partial charge in [0.05, 0.1) is 12.6 Å². The molecular formula is C16H15ClFNO. The molecule has 0 bridgehead atoms. The molecule has 1 aliphatic heterocycles. The predicted molar refractivity (Wildman–Crippen MR) is 77.8 cm³/mol. The van der Waals surface area contributed by atoms with Gasteiger partial charge in [-0.05, 0) is 41.8 Å². The highest BCUT2D eigenvalue weighted by molar-refractivity contribution is 6.30. The standard InChI is InChI=1S/C16H15ClFNO/c1-9-6-10(2-3-14(9)18)15(19)13-8-12(17)7-11-4-5-20-16(11)13/h2-3,6-8,15H,4-5,19H2,1H3. The Morgan fingerprint density at radius 1 is 1.30 bits per heavy atom. The van der Waals surface area contributed by atoms with Crippen molar-refractivity contribution in [2.75, 3.05) is 6.61 Å². The van der Waals surface area contributed by atoms with Gasteiger partial charge in [-0.3, -0.25) is 0 Å². The van der Waals surface area contributed by atoms with Crippen LogP contribution in [0.2, 0.25) is 5.02 Å². The number of hydrogen-bond acceptors (Lipinski definition) is 2. The molecule has 0 aromatic heterocycles. The SMILES string of the molecule is Cc1cc(C(N)c2cc(Cl)cc3c2OCC3)ccc1F. The van der Waals surface area contributed by atoms with E-state index < -0.39 is 0 Å². The van der Waals surface area contributed by atoms with Crippen molar-refractivity contribution in [1.29, 1.82) is 0 Å². The highest BCUT2D eigenvalue weighted by Crippen LogP contribution is 2.37. The van der Waals surface area contributed by atoms with Crippen molar-refractivity contribution < 1.29 is 9.13 Å². The van der Waals surface area contributed by atoms with Gasteiger partial charge in [0.25, 0.3) is 0 Å². The zero-order valence-corrected chi connectivity index (χ0v) is 11.9. The van der Waals surface area contributed by atoms with Gasteiger partial charge in [0.15, 0.2) is 0 Å². The van der Waals surface area contributed by atoms with E-state index in [2.05, 4.69) is 0 Å². The minimum absolute atomic E-state index is 0.228. The molecule has 1 heterocycles. The van der Waals surface area contributed by atoms with E-state index in [-0.39, 0.29) is 11.9 Å². The van der Waals surface area contributed by atoms with Crippen molar-refractivity contribution in [3.8, 4) is 5.75 Å². The molecule has 4 heteroatoms. The topological polar surface area (TPSA) is 35.2 Å². The number of nitrogens with two attached hydrogens (primary N) is 1. The van der Waals surface area contributed by atoms with Crippen molar-refractivity contribution in [2.45, 2.75) is 19.4 Å². The van der Waals surface area contributed by atoms with Crippen LogP contribution in [0.5, 0.6) is 5.75 Å². The summed E-state index contributed by atoms with van der Waals surface area (Å²) in [6.07, 6.45) is 0.845. The first-order valence-corrected chi connectivity index (χ1v) is 6.91. The van der Waals surface area contributed by atoms with E-state index >= 15 is 0 Å². The molecule has 3 rings (SSSR count). The van der Waals surface area contributed by atoms with Crippen LogP contribution in [0, 0.1) is 12.7 Å². The van der Waals surface area contributed by atoms with Crippen molar-refractivity contribution >= 4 is 11.6 Å². The average molecular weight is 292 g/mol. The summed E-state index contributed by atoms with van der Waals surface area (Å²) in [7, 11) is 0. The number of rotatable bonds is 2. The van der Waals surface area contributed by atoms with Gasteiger partial charge in [-0.1, -0.05) is 23.7 Å². The second kappa shape index (κ2) is 5.08. The van der Waals surface area contributed by atoms with Gasteiger partial charge in [0.2, 0.25) is 0 Å².